The fraction of sp³-hybridized carbons (Fsp3) is 0.467. The Morgan fingerprint density at radius 3 is 2.48 bits per heavy atom. The minimum Gasteiger partial charge on any atom is -0.483 e. The van der Waals surface area contributed by atoms with Crippen LogP contribution in [0.15, 0.2) is 18.2 Å². The number of halogens is 1. The Hall–Kier alpha value is -1.75. The second-order valence-electron chi connectivity index (χ2n) is 5.00. The number of amides is 1. The van der Waals surface area contributed by atoms with Crippen LogP contribution in [0.2, 0.25) is 5.02 Å². The van der Waals surface area contributed by atoms with E-state index in [-0.39, 0.29) is 28.8 Å². The standard InChI is InChI=1S/C15H18ClNO4/c16-11-6-5-7-12(14(11)15(19)20)21-10-13(18)17-8-3-1-2-4-9-17/h5-7H,1-4,8-10H2,(H,19,20). The van der Waals surface area contributed by atoms with Crippen LogP contribution >= 0.6 is 11.6 Å². The number of carbonyl (C=O) groups is 2. The van der Waals surface area contributed by atoms with Crippen molar-refractivity contribution in [3.63, 3.8) is 0 Å². The van der Waals surface area contributed by atoms with Crippen molar-refractivity contribution in [2.45, 2.75) is 25.7 Å². The fourth-order valence-electron chi connectivity index (χ4n) is 2.38. The van der Waals surface area contributed by atoms with Crippen molar-refractivity contribution >= 4 is 23.5 Å². The maximum atomic E-state index is 12.1. The van der Waals surface area contributed by atoms with Gasteiger partial charge in [-0.3, -0.25) is 4.79 Å². The number of carboxylic acid groups (broad SMARTS) is 1. The number of aromatic carboxylic acids is 1. The Bertz CT molecular complexity index is 524. The molecule has 0 radical (unpaired) electrons. The number of benzene rings is 1. The molecule has 0 spiro atoms. The predicted octanol–water partition coefficient (Wildman–Crippen LogP) is 2.82. The topological polar surface area (TPSA) is 66.8 Å². The maximum Gasteiger partial charge on any atom is 0.341 e. The lowest BCUT2D eigenvalue weighted by Crippen LogP contribution is -2.35. The number of carboxylic acids is 1. The molecule has 1 saturated heterocycles. The van der Waals surface area contributed by atoms with Crippen molar-refractivity contribution in [3.05, 3.63) is 28.8 Å². The highest BCUT2D eigenvalue weighted by molar-refractivity contribution is 6.33. The first-order valence-corrected chi connectivity index (χ1v) is 7.40. The lowest BCUT2D eigenvalue weighted by atomic mass is 10.2. The van der Waals surface area contributed by atoms with E-state index in [2.05, 4.69) is 0 Å². The summed E-state index contributed by atoms with van der Waals surface area (Å²) in [4.78, 5) is 25.1. The summed E-state index contributed by atoms with van der Waals surface area (Å²) in [5.41, 5.74) is -0.108. The third-order valence-corrected chi connectivity index (χ3v) is 3.81. The van der Waals surface area contributed by atoms with Crippen LogP contribution in [0.4, 0.5) is 0 Å². The first-order valence-electron chi connectivity index (χ1n) is 7.02. The zero-order valence-electron chi connectivity index (χ0n) is 11.7. The number of hydrogen-bond acceptors (Lipinski definition) is 3. The van der Waals surface area contributed by atoms with E-state index in [0.29, 0.717) is 0 Å². The summed E-state index contributed by atoms with van der Waals surface area (Å²) in [6, 6.07) is 4.58. The second-order valence-corrected chi connectivity index (χ2v) is 5.41. The monoisotopic (exact) mass is 311 g/mol. The Labute approximate surface area is 128 Å². The molecule has 0 unspecified atom stereocenters. The van der Waals surface area contributed by atoms with Gasteiger partial charge in [0.1, 0.15) is 11.3 Å². The van der Waals surface area contributed by atoms with Gasteiger partial charge in [-0.25, -0.2) is 4.79 Å². The van der Waals surface area contributed by atoms with Gasteiger partial charge in [-0.15, -0.1) is 0 Å². The Morgan fingerprint density at radius 2 is 1.86 bits per heavy atom. The number of hydrogen-bond donors (Lipinski definition) is 1. The van der Waals surface area contributed by atoms with Crippen molar-refractivity contribution < 1.29 is 19.4 Å². The minimum atomic E-state index is -1.17. The highest BCUT2D eigenvalue weighted by Gasteiger charge is 2.19. The molecule has 1 aromatic carbocycles. The largest absolute Gasteiger partial charge is 0.483 e. The van der Waals surface area contributed by atoms with Crippen LogP contribution in [0.1, 0.15) is 36.0 Å². The van der Waals surface area contributed by atoms with Crippen LogP contribution in [-0.4, -0.2) is 41.6 Å². The molecule has 0 aliphatic carbocycles. The van der Waals surface area contributed by atoms with E-state index < -0.39 is 5.97 Å². The molecule has 1 N–H and O–H groups in total. The van der Waals surface area contributed by atoms with E-state index in [1.54, 1.807) is 11.0 Å². The van der Waals surface area contributed by atoms with Crippen LogP contribution < -0.4 is 4.74 Å². The van der Waals surface area contributed by atoms with Crippen LogP contribution in [0.5, 0.6) is 5.75 Å². The molecule has 114 valence electrons. The molecular weight excluding hydrogens is 294 g/mol. The Morgan fingerprint density at radius 1 is 1.19 bits per heavy atom. The molecular formula is C15H18ClNO4. The first kappa shape index (κ1) is 15.6. The van der Waals surface area contributed by atoms with Gasteiger partial charge in [0.25, 0.3) is 5.91 Å². The molecule has 1 heterocycles. The van der Waals surface area contributed by atoms with Crippen LogP contribution in [0, 0.1) is 0 Å². The first-order chi connectivity index (χ1) is 10.1. The normalized spacial score (nSPS) is 15.4. The third kappa shape index (κ3) is 4.11. The molecule has 6 heteroatoms. The van der Waals surface area contributed by atoms with Gasteiger partial charge < -0.3 is 14.7 Å². The molecule has 1 aliphatic rings. The average Bonchev–Trinajstić information content (AvgIpc) is 2.73. The van der Waals surface area contributed by atoms with E-state index in [0.717, 1.165) is 38.8 Å². The number of rotatable bonds is 4. The molecule has 21 heavy (non-hydrogen) atoms. The summed E-state index contributed by atoms with van der Waals surface area (Å²) >= 11 is 5.85. The zero-order chi connectivity index (χ0) is 15.2. The average molecular weight is 312 g/mol. The lowest BCUT2D eigenvalue weighted by Gasteiger charge is -2.20. The molecule has 5 nitrogen and oxygen atoms in total. The van der Waals surface area contributed by atoms with Gasteiger partial charge >= 0.3 is 5.97 Å². The van der Waals surface area contributed by atoms with E-state index in [1.807, 2.05) is 0 Å². The number of nitrogens with zero attached hydrogens (tertiary/aromatic N) is 1. The van der Waals surface area contributed by atoms with Gasteiger partial charge in [-0.05, 0) is 25.0 Å². The van der Waals surface area contributed by atoms with Crippen LogP contribution in [0.25, 0.3) is 0 Å². The molecule has 1 aromatic rings. The van der Waals surface area contributed by atoms with E-state index >= 15 is 0 Å². The van der Waals surface area contributed by atoms with Gasteiger partial charge in [0, 0.05) is 13.1 Å². The van der Waals surface area contributed by atoms with Gasteiger partial charge in [-0.2, -0.15) is 0 Å². The maximum absolute atomic E-state index is 12.1. The van der Waals surface area contributed by atoms with Gasteiger partial charge in [0.05, 0.1) is 5.02 Å². The van der Waals surface area contributed by atoms with Crippen molar-refractivity contribution in [2.75, 3.05) is 19.7 Å². The summed E-state index contributed by atoms with van der Waals surface area (Å²) in [7, 11) is 0. The number of ether oxygens (including phenoxy) is 1. The fourth-order valence-corrected chi connectivity index (χ4v) is 2.63. The quantitative estimate of drug-likeness (QED) is 0.928. The van der Waals surface area contributed by atoms with Gasteiger partial charge in [0.15, 0.2) is 6.61 Å². The molecule has 0 atom stereocenters. The number of carbonyl (C=O) groups excluding carboxylic acids is 1. The molecule has 0 aromatic heterocycles. The van der Waals surface area contributed by atoms with Crippen molar-refractivity contribution in [1.82, 2.24) is 4.90 Å². The van der Waals surface area contributed by atoms with E-state index in [4.69, 9.17) is 21.4 Å². The van der Waals surface area contributed by atoms with Gasteiger partial charge in [0.2, 0.25) is 0 Å². The van der Waals surface area contributed by atoms with Gasteiger partial charge in [-0.1, -0.05) is 30.5 Å². The Kier molecular flexibility index (Phi) is 5.44. The molecule has 1 fully saturated rings. The summed E-state index contributed by atoms with van der Waals surface area (Å²) in [5.74, 6) is -1.16. The van der Waals surface area contributed by atoms with Crippen molar-refractivity contribution in [1.29, 1.82) is 0 Å². The smallest absolute Gasteiger partial charge is 0.341 e. The third-order valence-electron chi connectivity index (χ3n) is 3.50. The summed E-state index contributed by atoms with van der Waals surface area (Å²) in [6.45, 7) is 1.31. The minimum absolute atomic E-state index is 0.0993. The Balaban J connectivity index is 2.01. The summed E-state index contributed by atoms with van der Waals surface area (Å²) < 4.78 is 5.38. The molecule has 0 saturated carbocycles. The summed E-state index contributed by atoms with van der Waals surface area (Å²) in [5, 5.41) is 9.24. The van der Waals surface area contributed by atoms with Crippen molar-refractivity contribution in [2.24, 2.45) is 0 Å². The highest BCUT2D eigenvalue weighted by Crippen LogP contribution is 2.26. The van der Waals surface area contributed by atoms with Crippen LogP contribution in [0.3, 0.4) is 0 Å². The molecule has 0 bridgehead atoms. The zero-order valence-corrected chi connectivity index (χ0v) is 12.4. The molecule has 1 aliphatic heterocycles. The highest BCUT2D eigenvalue weighted by atomic mass is 35.5. The lowest BCUT2D eigenvalue weighted by molar-refractivity contribution is -0.133. The molecule has 1 amide bonds. The van der Waals surface area contributed by atoms with Crippen molar-refractivity contribution in [3.8, 4) is 5.75 Å². The molecule has 2 rings (SSSR count). The number of likely N-dealkylation sites (tertiary alicyclic amines) is 1. The predicted molar refractivity (Wildman–Crippen MR) is 79.0 cm³/mol. The summed E-state index contributed by atoms with van der Waals surface area (Å²) in [6.07, 6.45) is 4.29. The second kappa shape index (κ2) is 7.31. The van der Waals surface area contributed by atoms with E-state index in [9.17, 15) is 9.59 Å². The SMILES string of the molecule is O=C(O)c1c(Cl)cccc1OCC(=O)N1CCCCCC1. The van der Waals surface area contributed by atoms with E-state index in [1.165, 1.54) is 12.1 Å². The van der Waals surface area contributed by atoms with Crippen LogP contribution in [-0.2, 0) is 4.79 Å².